The summed E-state index contributed by atoms with van der Waals surface area (Å²) in [4.78, 5) is 10.8. The molecule has 1 aromatic rings. The van der Waals surface area contributed by atoms with Crippen molar-refractivity contribution in [2.24, 2.45) is 0 Å². The van der Waals surface area contributed by atoms with Crippen LogP contribution < -0.4 is 5.63 Å². The van der Waals surface area contributed by atoms with Crippen LogP contribution in [0.3, 0.4) is 0 Å². The van der Waals surface area contributed by atoms with Gasteiger partial charge in [-0.2, -0.15) is 0 Å². The predicted molar refractivity (Wildman–Crippen MR) is 62.2 cm³/mol. The van der Waals surface area contributed by atoms with E-state index in [9.17, 15) is 4.79 Å². The number of unbranched alkanes of at least 4 members (excludes halogenated alkanes) is 3. The number of hydrogen-bond acceptors (Lipinski definition) is 2. The van der Waals surface area contributed by atoms with Crippen LogP contribution in [0.1, 0.15) is 57.4 Å². The molecule has 0 N–H and O–H groups in total. The highest BCUT2D eigenvalue weighted by Crippen LogP contribution is 2.20. The first-order chi connectivity index (χ1) is 7.24. The fourth-order valence-electron chi connectivity index (χ4n) is 1.69. The Kier molecular flexibility index (Phi) is 5.16. The van der Waals surface area contributed by atoms with E-state index in [1.54, 1.807) is 6.26 Å². The first-order valence-electron chi connectivity index (χ1n) is 5.82. The predicted octanol–water partition coefficient (Wildman–Crippen LogP) is 3.71. The Labute approximate surface area is 91.3 Å². The summed E-state index contributed by atoms with van der Waals surface area (Å²) in [6.45, 7) is 4.40. The summed E-state index contributed by atoms with van der Waals surface area (Å²) < 4.78 is 4.85. The molecule has 0 aromatic carbocycles. The van der Waals surface area contributed by atoms with Crippen molar-refractivity contribution in [3.8, 4) is 0 Å². The van der Waals surface area contributed by atoms with Gasteiger partial charge in [-0.25, -0.2) is 4.79 Å². The lowest BCUT2D eigenvalue weighted by Crippen LogP contribution is -1.99. The zero-order valence-electron chi connectivity index (χ0n) is 9.66. The van der Waals surface area contributed by atoms with Gasteiger partial charge in [0, 0.05) is 6.07 Å². The third-order valence-corrected chi connectivity index (χ3v) is 2.78. The van der Waals surface area contributed by atoms with Gasteiger partial charge in [0.05, 0.1) is 6.26 Å². The molecule has 0 fully saturated rings. The monoisotopic (exact) mass is 208 g/mol. The van der Waals surface area contributed by atoms with Gasteiger partial charge in [-0.3, -0.25) is 0 Å². The highest BCUT2D eigenvalue weighted by atomic mass is 16.4. The van der Waals surface area contributed by atoms with Crippen LogP contribution in [0.4, 0.5) is 0 Å². The molecule has 0 aliphatic heterocycles. The molecule has 1 atom stereocenters. The van der Waals surface area contributed by atoms with Crippen molar-refractivity contribution in [3.63, 3.8) is 0 Å². The molecule has 1 rings (SSSR count). The second-order valence-corrected chi connectivity index (χ2v) is 4.14. The van der Waals surface area contributed by atoms with Crippen LogP contribution in [-0.4, -0.2) is 0 Å². The van der Waals surface area contributed by atoms with Crippen LogP contribution in [-0.2, 0) is 0 Å². The average molecular weight is 208 g/mol. The van der Waals surface area contributed by atoms with Gasteiger partial charge in [0.1, 0.15) is 0 Å². The van der Waals surface area contributed by atoms with Gasteiger partial charge < -0.3 is 4.42 Å². The molecule has 0 amide bonds. The van der Waals surface area contributed by atoms with Crippen molar-refractivity contribution in [3.05, 3.63) is 34.4 Å². The molecule has 2 heteroatoms. The topological polar surface area (TPSA) is 30.2 Å². The van der Waals surface area contributed by atoms with Crippen molar-refractivity contribution in [1.82, 2.24) is 0 Å². The van der Waals surface area contributed by atoms with Crippen LogP contribution in [0.25, 0.3) is 0 Å². The molecule has 0 radical (unpaired) electrons. The lowest BCUT2D eigenvalue weighted by atomic mass is 9.96. The second-order valence-electron chi connectivity index (χ2n) is 4.14. The molecule has 15 heavy (non-hydrogen) atoms. The van der Waals surface area contributed by atoms with Crippen molar-refractivity contribution in [2.45, 2.75) is 51.9 Å². The molecule has 0 bridgehead atoms. The van der Waals surface area contributed by atoms with Crippen LogP contribution >= 0.6 is 0 Å². The van der Waals surface area contributed by atoms with Crippen molar-refractivity contribution in [2.75, 3.05) is 0 Å². The molecule has 84 valence electrons. The standard InChI is InChI=1S/C13H20O2/c1-3-4-5-6-7-11(2)12-8-9-13(14)15-10-12/h8-11H,3-7H2,1-2H3. The zero-order chi connectivity index (χ0) is 11.1. The first-order valence-corrected chi connectivity index (χ1v) is 5.82. The largest absolute Gasteiger partial charge is 0.431 e. The van der Waals surface area contributed by atoms with E-state index in [0.29, 0.717) is 5.92 Å². The SMILES string of the molecule is CCCCCCC(C)c1ccc(=O)oc1. The fraction of sp³-hybridized carbons (Fsp3) is 0.615. The van der Waals surface area contributed by atoms with Gasteiger partial charge in [0.2, 0.25) is 0 Å². The molecule has 0 spiro atoms. The Morgan fingerprint density at radius 1 is 1.27 bits per heavy atom. The Bertz CT molecular complexity index is 307. The van der Waals surface area contributed by atoms with E-state index in [1.165, 1.54) is 38.2 Å². The van der Waals surface area contributed by atoms with Gasteiger partial charge in [0.15, 0.2) is 0 Å². The maximum atomic E-state index is 10.8. The maximum Gasteiger partial charge on any atom is 0.335 e. The van der Waals surface area contributed by atoms with Crippen LogP contribution in [0.15, 0.2) is 27.6 Å². The minimum absolute atomic E-state index is 0.267. The molecule has 1 unspecified atom stereocenters. The molecule has 2 nitrogen and oxygen atoms in total. The number of rotatable bonds is 6. The van der Waals surface area contributed by atoms with E-state index in [4.69, 9.17) is 4.42 Å². The maximum absolute atomic E-state index is 10.8. The molecular weight excluding hydrogens is 188 g/mol. The highest BCUT2D eigenvalue weighted by molar-refractivity contribution is 5.11. The van der Waals surface area contributed by atoms with Gasteiger partial charge >= 0.3 is 5.63 Å². The molecule has 0 aliphatic carbocycles. The van der Waals surface area contributed by atoms with E-state index in [1.807, 2.05) is 6.07 Å². The Morgan fingerprint density at radius 2 is 2.07 bits per heavy atom. The molecule has 1 aromatic heterocycles. The third kappa shape index (κ3) is 4.32. The van der Waals surface area contributed by atoms with Gasteiger partial charge in [-0.15, -0.1) is 0 Å². The third-order valence-electron chi connectivity index (χ3n) is 2.78. The molecule has 0 aliphatic rings. The molecular formula is C13H20O2. The summed E-state index contributed by atoms with van der Waals surface area (Å²) in [7, 11) is 0. The zero-order valence-corrected chi connectivity index (χ0v) is 9.66. The summed E-state index contributed by atoms with van der Waals surface area (Å²) >= 11 is 0. The minimum atomic E-state index is -0.267. The van der Waals surface area contributed by atoms with Crippen LogP contribution in [0, 0.1) is 0 Å². The van der Waals surface area contributed by atoms with E-state index >= 15 is 0 Å². The van der Waals surface area contributed by atoms with E-state index in [0.717, 1.165) is 5.56 Å². The van der Waals surface area contributed by atoms with Gasteiger partial charge in [-0.05, 0) is 24.0 Å². The number of hydrogen-bond donors (Lipinski definition) is 0. The summed E-state index contributed by atoms with van der Waals surface area (Å²) in [6, 6.07) is 3.37. The second kappa shape index (κ2) is 6.44. The van der Waals surface area contributed by atoms with Gasteiger partial charge in [0.25, 0.3) is 0 Å². The van der Waals surface area contributed by atoms with E-state index in [2.05, 4.69) is 13.8 Å². The minimum Gasteiger partial charge on any atom is -0.431 e. The average Bonchev–Trinajstić information content (AvgIpc) is 2.25. The normalized spacial score (nSPS) is 12.7. The Balaban J connectivity index is 2.36. The highest BCUT2D eigenvalue weighted by Gasteiger charge is 2.05. The summed E-state index contributed by atoms with van der Waals surface area (Å²) in [5.74, 6) is 0.492. The van der Waals surface area contributed by atoms with Gasteiger partial charge in [-0.1, -0.05) is 39.5 Å². The van der Waals surface area contributed by atoms with E-state index < -0.39 is 0 Å². The fourth-order valence-corrected chi connectivity index (χ4v) is 1.69. The lowest BCUT2D eigenvalue weighted by Gasteiger charge is -2.09. The van der Waals surface area contributed by atoms with Crippen LogP contribution in [0.2, 0.25) is 0 Å². The smallest absolute Gasteiger partial charge is 0.335 e. The first kappa shape index (κ1) is 12.0. The molecule has 1 heterocycles. The Morgan fingerprint density at radius 3 is 2.67 bits per heavy atom. The quantitative estimate of drug-likeness (QED) is 0.667. The summed E-state index contributed by atoms with van der Waals surface area (Å²) in [5, 5.41) is 0. The molecule has 0 saturated carbocycles. The van der Waals surface area contributed by atoms with Crippen LogP contribution in [0.5, 0.6) is 0 Å². The van der Waals surface area contributed by atoms with Crippen molar-refractivity contribution >= 4 is 0 Å². The molecule has 0 saturated heterocycles. The summed E-state index contributed by atoms with van der Waals surface area (Å²) in [5.41, 5.74) is 0.864. The van der Waals surface area contributed by atoms with Crippen molar-refractivity contribution in [1.29, 1.82) is 0 Å². The summed E-state index contributed by atoms with van der Waals surface area (Å²) in [6.07, 6.45) is 7.91. The lowest BCUT2D eigenvalue weighted by molar-refractivity contribution is 0.490. The van der Waals surface area contributed by atoms with Crippen molar-refractivity contribution < 1.29 is 4.42 Å². The van der Waals surface area contributed by atoms with E-state index in [-0.39, 0.29) is 5.63 Å². The Hall–Kier alpha value is -1.05.